The Morgan fingerprint density at radius 2 is 2.03 bits per heavy atom. The number of rotatable bonds is 6. The lowest BCUT2D eigenvalue weighted by atomic mass is 10.1. The molecule has 9 nitrogen and oxygen atoms in total. The van der Waals surface area contributed by atoms with E-state index < -0.39 is 10.9 Å². The molecular formula is C21H21N5O4. The summed E-state index contributed by atoms with van der Waals surface area (Å²) in [5.74, 6) is -0.337. The van der Waals surface area contributed by atoms with Crippen molar-refractivity contribution in [3.05, 3.63) is 80.8 Å². The maximum absolute atomic E-state index is 11.9. The molecule has 0 saturated heterocycles. The van der Waals surface area contributed by atoms with Gasteiger partial charge in [-0.15, -0.1) is 0 Å². The molecule has 0 radical (unpaired) electrons. The number of aromatic nitrogens is 2. The molecule has 1 N–H and O–H groups in total. The van der Waals surface area contributed by atoms with E-state index in [0.717, 1.165) is 28.2 Å². The topological polar surface area (TPSA) is 112 Å². The van der Waals surface area contributed by atoms with E-state index in [0.29, 0.717) is 5.56 Å². The molecule has 0 atom stereocenters. The molecule has 0 bridgehead atoms. The van der Waals surface area contributed by atoms with E-state index in [2.05, 4.69) is 15.5 Å². The van der Waals surface area contributed by atoms with Crippen LogP contribution in [0.2, 0.25) is 0 Å². The van der Waals surface area contributed by atoms with Gasteiger partial charge in [-0.05, 0) is 50.6 Å². The minimum Gasteiger partial charge on any atom is -0.465 e. The number of methoxy groups -OCH3 is 1. The van der Waals surface area contributed by atoms with Gasteiger partial charge in [0.2, 0.25) is 5.82 Å². The van der Waals surface area contributed by atoms with E-state index in [4.69, 9.17) is 4.74 Å². The molecule has 30 heavy (non-hydrogen) atoms. The van der Waals surface area contributed by atoms with Crippen molar-refractivity contribution in [1.29, 1.82) is 0 Å². The number of nitrogens with one attached hydrogen (secondary N) is 1. The summed E-state index contributed by atoms with van der Waals surface area (Å²) in [6, 6.07) is 10.2. The zero-order valence-electron chi connectivity index (χ0n) is 17.0. The molecule has 1 aromatic carbocycles. The van der Waals surface area contributed by atoms with Crippen molar-refractivity contribution in [2.75, 3.05) is 12.5 Å². The van der Waals surface area contributed by atoms with Crippen molar-refractivity contribution in [3.8, 4) is 5.69 Å². The number of carbonyl (C=O) groups is 1. The van der Waals surface area contributed by atoms with Crippen LogP contribution in [-0.4, -0.2) is 33.8 Å². The predicted octanol–water partition coefficient (Wildman–Crippen LogP) is 3.94. The van der Waals surface area contributed by atoms with Crippen molar-refractivity contribution in [2.45, 2.75) is 20.8 Å². The lowest BCUT2D eigenvalue weighted by Gasteiger charge is -2.14. The Balaban J connectivity index is 1.93. The molecule has 0 aliphatic rings. The van der Waals surface area contributed by atoms with Gasteiger partial charge in [0.05, 0.1) is 23.8 Å². The Kier molecular flexibility index (Phi) is 5.91. The number of benzene rings is 1. The second kappa shape index (κ2) is 8.56. The number of hydrazone groups is 1. The maximum atomic E-state index is 11.9. The van der Waals surface area contributed by atoms with Gasteiger partial charge in [-0.1, -0.05) is 6.07 Å². The fourth-order valence-corrected chi connectivity index (χ4v) is 3.18. The summed E-state index contributed by atoms with van der Waals surface area (Å²) in [5, 5.41) is 15.2. The van der Waals surface area contributed by atoms with Crippen LogP contribution in [0.4, 0.5) is 11.5 Å². The van der Waals surface area contributed by atoms with Gasteiger partial charge in [-0.25, -0.2) is 9.78 Å². The van der Waals surface area contributed by atoms with Gasteiger partial charge >= 0.3 is 11.7 Å². The van der Waals surface area contributed by atoms with Gasteiger partial charge in [0.15, 0.2) is 0 Å². The van der Waals surface area contributed by atoms with Gasteiger partial charge in [-0.2, -0.15) is 5.10 Å². The van der Waals surface area contributed by atoms with Gasteiger partial charge in [0.25, 0.3) is 0 Å². The Bertz CT molecular complexity index is 1150. The van der Waals surface area contributed by atoms with Crippen LogP contribution in [0.15, 0.2) is 47.7 Å². The quantitative estimate of drug-likeness (QED) is 0.287. The molecule has 0 aliphatic carbocycles. The van der Waals surface area contributed by atoms with E-state index in [9.17, 15) is 14.9 Å². The van der Waals surface area contributed by atoms with E-state index in [1.54, 1.807) is 18.3 Å². The number of pyridine rings is 1. The van der Waals surface area contributed by atoms with Crippen molar-refractivity contribution < 1.29 is 14.5 Å². The number of aryl methyl sites for hydroxylation is 2. The van der Waals surface area contributed by atoms with E-state index in [1.807, 2.05) is 37.5 Å². The summed E-state index contributed by atoms with van der Waals surface area (Å²) in [6.45, 7) is 5.85. The van der Waals surface area contributed by atoms with Crippen LogP contribution in [0.5, 0.6) is 0 Å². The van der Waals surface area contributed by atoms with Crippen LogP contribution in [0.3, 0.4) is 0 Å². The second-order valence-electron chi connectivity index (χ2n) is 6.65. The third-order valence-corrected chi connectivity index (χ3v) is 4.70. The van der Waals surface area contributed by atoms with Crippen molar-refractivity contribution in [2.24, 2.45) is 5.10 Å². The van der Waals surface area contributed by atoms with Crippen molar-refractivity contribution >= 4 is 23.7 Å². The monoisotopic (exact) mass is 407 g/mol. The first-order valence-corrected chi connectivity index (χ1v) is 9.10. The van der Waals surface area contributed by atoms with Crippen molar-refractivity contribution in [1.82, 2.24) is 9.55 Å². The average Bonchev–Trinajstić information content (AvgIpc) is 3.01. The number of ether oxygens (including phenoxy) is 1. The number of hydrogen-bond donors (Lipinski definition) is 1. The molecule has 0 unspecified atom stereocenters. The van der Waals surface area contributed by atoms with E-state index in [-0.39, 0.29) is 11.5 Å². The highest BCUT2D eigenvalue weighted by molar-refractivity contribution is 5.90. The Morgan fingerprint density at radius 1 is 1.27 bits per heavy atom. The molecule has 0 aliphatic heterocycles. The minimum atomic E-state index is -0.520. The zero-order chi connectivity index (χ0) is 21.8. The number of nitrogens with zero attached hydrogens (tertiary/aromatic N) is 4. The lowest BCUT2D eigenvalue weighted by molar-refractivity contribution is -0.384. The fraction of sp³-hybridized carbons (Fsp3) is 0.190. The highest BCUT2D eigenvalue weighted by Crippen LogP contribution is 2.24. The molecule has 154 valence electrons. The van der Waals surface area contributed by atoms with Crippen LogP contribution in [0.1, 0.15) is 32.9 Å². The molecule has 0 spiro atoms. The second-order valence-corrected chi connectivity index (χ2v) is 6.65. The lowest BCUT2D eigenvalue weighted by Crippen LogP contribution is -2.06. The van der Waals surface area contributed by atoms with Crippen LogP contribution >= 0.6 is 0 Å². The smallest absolute Gasteiger partial charge is 0.337 e. The minimum absolute atomic E-state index is 0.0641. The largest absolute Gasteiger partial charge is 0.465 e. The summed E-state index contributed by atoms with van der Waals surface area (Å²) in [7, 11) is 1.35. The Morgan fingerprint density at radius 3 is 2.73 bits per heavy atom. The molecular weight excluding hydrogens is 386 g/mol. The number of esters is 1. The van der Waals surface area contributed by atoms with Gasteiger partial charge < -0.3 is 9.30 Å². The predicted molar refractivity (Wildman–Crippen MR) is 113 cm³/mol. The number of hydrogen-bond acceptors (Lipinski definition) is 7. The molecule has 0 fully saturated rings. The molecule has 3 aromatic rings. The number of anilines is 1. The van der Waals surface area contributed by atoms with Gasteiger partial charge in [0.1, 0.15) is 0 Å². The van der Waals surface area contributed by atoms with Gasteiger partial charge in [0, 0.05) is 34.9 Å². The highest BCUT2D eigenvalue weighted by atomic mass is 16.6. The number of nitro groups is 1. The summed E-state index contributed by atoms with van der Waals surface area (Å²) < 4.78 is 6.84. The Labute approximate surface area is 173 Å². The van der Waals surface area contributed by atoms with Crippen LogP contribution in [-0.2, 0) is 4.74 Å². The summed E-state index contributed by atoms with van der Waals surface area (Å²) in [6.07, 6.45) is 3.03. The SMILES string of the molecule is COC(=O)c1ccc(C)c(-n2c(C)cc(/C=N\Nc3ncccc3[N+](=O)[O-])c2C)c1. The first-order valence-electron chi connectivity index (χ1n) is 9.10. The normalized spacial score (nSPS) is 10.9. The fourth-order valence-electron chi connectivity index (χ4n) is 3.18. The van der Waals surface area contributed by atoms with Crippen LogP contribution in [0, 0.1) is 30.9 Å². The third kappa shape index (κ3) is 4.04. The van der Waals surface area contributed by atoms with Crippen LogP contribution < -0.4 is 5.43 Å². The maximum Gasteiger partial charge on any atom is 0.337 e. The van der Waals surface area contributed by atoms with Crippen LogP contribution in [0.25, 0.3) is 5.69 Å². The average molecular weight is 407 g/mol. The van der Waals surface area contributed by atoms with E-state index >= 15 is 0 Å². The molecule has 9 heteroatoms. The van der Waals surface area contributed by atoms with Gasteiger partial charge in [-0.3, -0.25) is 15.5 Å². The first-order chi connectivity index (χ1) is 14.3. The summed E-state index contributed by atoms with van der Waals surface area (Å²) in [5.41, 5.74) is 7.46. The Hall–Kier alpha value is -4.01. The standard InChI is InChI=1S/C21H21N5O4/c1-13-7-8-16(21(27)30-4)11-19(13)25-14(2)10-17(15(25)3)12-23-24-20-18(26(28)29)6-5-9-22-20/h5-12H,1-4H3,(H,22,24)/b23-12-. The van der Waals surface area contributed by atoms with E-state index in [1.165, 1.54) is 25.4 Å². The molecule has 2 aromatic heterocycles. The first kappa shape index (κ1) is 20.7. The number of carbonyl (C=O) groups excluding carboxylic acids is 1. The molecule has 3 rings (SSSR count). The molecule has 0 saturated carbocycles. The third-order valence-electron chi connectivity index (χ3n) is 4.70. The zero-order valence-corrected chi connectivity index (χ0v) is 17.0. The van der Waals surface area contributed by atoms with Crippen molar-refractivity contribution in [3.63, 3.8) is 0 Å². The molecule has 2 heterocycles. The summed E-state index contributed by atoms with van der Waals surface area (Å²) >= 11 is 0. The summed E-state index contributed by atoms with van der Waals surface area (Å²) in [4.78, 5) is 26.4. The highest BCUT2D eigenvalue weighted by Gasteiger charge is 2.15. The molecule has 0 amide bonds.